The van der Waals surface area contributed by atoms with Gasteiger partial charge < -0.3 is 10.1 Å². The molecule has 2 bridgehead atoms. The first-order valence-corrected chi connectivity index (χ1v) is 7.24. The van der Waals surface area contributed by atoms with Crippen molar-refractivity contribution >= 4 is 15.9 Å². The van der Waals surface area contributed by atoms with Crippen LogP contribution in [0.25, 0.3) is 0 Å². The van der Waals surface area contributed by atoms with E-state index < -0.39 is 0 Å². The van der Waals surface area contributed by atoms with E-state index in [0.29, 0.717) is 22.4 Å². The van der Waals surface area contributed by atoms with Crippen molar-refractivity contribution in [1.82, 2.24) is 10.3 Å². The standard InChI is InChI=1S/C13H16BrFN2O/c14-11-6-13(16-7-12(11)15)18-10-4-8-2-1-3-9(5-10)17-8/h6-10,17H,1-5H2/t8-,9+,10?. The van der Waals surface area contributed by atoms with Crippen molar-refractivity contribution in [2.75, 3.05) is 0 Å². The molecule has 3 atom stereocenters. The van der Waals surface area contributed by atoms with Crippen molar-refractivity contribution in [1.29, 1.82) is 0 Å². The third-order valence-corrected chi connectivity index (χ3v) is 4.35. The zero-order chi connectivity index (χ0) is 12.5. The van der Waals surface area contributed by atoms with E-state index in [1.807, 2.05) is 0 Å². The molecule has 0 aromatic carbocycles. The molecule has 0 amide bonds. The predicted octanol–water partition coefficient (Wildman–Crippen LogP) is 3.04. The Morgan fingerprint density at radius 1 is 1.33 bits per heavy atom. The Balaban J connectivity index is 1.67. The molecule has 3 nitrogen and oxygen atoms in total. The van der Waals surface area contributed by atoms with Crippen LogP contribution in [0.4, 0.5) is 4.39 Å². The Hall–Kier alpha value is -0.680. The van der Waals surface area contributed by atoms with Crippen LogP contribution in [0.1, 0.15) is 32.1 Å². The fourth-order valence-corrected chi connectivity index (χ4v) is 3.24. The average Bonchev–Trinajstić information content (AvgIpc) is 2.33. The second-order valence-corrected chi connectivity index (χ2v) is 5.99. The summed E-state index contributed by atoms with van der Waals surface area (Å²) in [6.45, 7) is 0. The monoisotopic (exact) mass is 314 g/mol. The molecule has 1 N–H and O–H groups in total. The highest BCUT2D eigenvalue weighted by Gasteiger charge is 2.32. The molecule has 2 fully saturated rings. The van der Waals surface area contributed by atoms with Crippen molar-refractivity contribution in [3.05, 3.63) is 22.6 Å². The minimum absolute atomic E-state index is 0.200. The van der Waals surface area contributed by atoms with Gasteiger partial charge in [0.15, 0.2) is 5.82 Å². The van der Waals surface area contributed by atoms with E-state index in [1.165, 1.54) is 25.5 Å². The number of nitrogens with one attached hydrogen (secondary N) is 1. The van der Waals surface area contributed by atoms with Crippen molar-refractivity contribution in [2.45, 2.75) is 50.3 Å². The lowest BCUT2D eigenvalue weighted by Gasteiger charge is -2.40. The Morgan fingerprint density at radius 2 is 2.06 bits per heavy atom. The molecule has 0 saturated carbocycles. The third kappa shape index (κ3) is 2.67. The smallest absolute Gasteiger partial charge is 0.214 e. The lowest BCUT2D eigenvalue weighted by atomic mass is 9.85. The van der Waals surface area contributed by atoms with Gasteiger partial charge in [-0.15, -0.1) is 0 Å². The van der Waals surface area contributed by atoms with E-state index >= 15 is 0 Å². The molecule has 98 valence electrons. The molecule has 3 heterocycles. The highest BCUT2D eigenvalue weighted by Crippen LogP contribution is 2.29. The van der Waals surface area contributed by atoms with Gasteiger partial charge >= 0.3 is 0 Å². The molecule has 2 aliphatic rings. The predicted molar refractivity (Wildman–Crippen MR) is 70.1 cm³/mol. The molecule has 3 rings (SSSR count). The molecule has 1 aromatic heterocycles. The van der Waals surface area contributed by atoms with Gasteiger partial charge in [-0.25, -0.2) is 9.37 Å². The van der Waals surface area contributed by atoms with Crippen LogP contribution >= 0.6 is 15.9 Å². The first-order valence-electron chi connectivity index (χ1n) is 6.44. The van der Waals surface area contributed by atoms with E-state index in [4.69, 9.17) is 4.74 Å². The molecule has 2 aliphatic heterocycles. The molecule has 1 aromatic rings. The number of aromatic nitrogens is 1. The summed E-state index contributed by atoms with van der Waals surface area (Å²) in [5.74, 6) is 0.151. The Bertz CT molecular complexity index is 431. The second kappa shape index (κ2) is 5.13. The topological polar surface area (TPSA) is 34.1 Å². The quantitative estimate of drug-likeness (QED) is 0.911. The first kappa shape index (κ1) is 12.4. The zero-order valence-corrected chi connectivity index (χ0v) is 11.6. The van der Waals surface area contributed by atoms with Gasteiger partial charge in [0.1, 0.15) is 6.10 Å². The molecular formula is C13H16BrFN2O. The van der Waals surface area contributed by atoms with E-state index in [2.05, 4.69) is 26.2 Å². The highest BCUT2D eigenvalue weighted by molar-refractivity contribution is 9.10. The summed E-state index contributed by atoms with van der Waals surface area (Å²) in [6, 6.07) is 2.76. The maximum Gasteiger partial charge on any atom is 0.214 e. The van der Waals surface area contributed by atoms with Crippen LogP contribution in [0.15, 0.2) is 16.7 Å². The number of pyridine rings is 1. The number of fused-ring (bicyclic) bond motifs is 2. The number of hydrogen-bond acceptors (Lipinski definition) is 3. The number of nitrogens with zero attached hydrogens (tertiary/aromatic N) is 1. The summed E-state index contributed by atoms with van der Waals surface area (Å²) in [5, 5.41) is 3.62. The minimum Gasteiger partial charge on any atom is -0.474 e. The van der Waals surface area contributed by atoms with E-state index in [-0.39, 0.29) is 11.9 Å². The van der Waals surface area contributed by atoms with Crippen molar-refractivity contribution in [2.24, 2.45) is 0 Å². The first-order chi connectivity index (χ1) is 8.70. The van der Waals surface area contributed by atoms with Crippen molar-refractivity contribution in [3.8, 4) is 5.88 Å². The lowest BCUT2D eigenvalue weighted by molar-refractivity contribution is 0.0887. The molecule has 0 radical (unpaired) electrons. The third-order valence-electron chi connectivity index (χ3n) is 3.74. The molecule has 0 aliphatic carbocycles. The molecular weight excluding hydrogens is 299 g/mol. The average molecular weight is 315 g/mol. The molecule has 18 heavy (non-hydrogen) atoms. The van der Waals surface area contributed by atoms with Crippen LogP contribution in [-0.4, -0.2) is 23.2 Å². The summed E-state index contributed by atoms with van der Waals surface area (Å²) in [7, 11) is 0. The number of rotatable bonds is 2. The van der Waals surface area contributed by atoms with E-state index in [0.717, 1.165) is 12.8 Å². The molecule has 2 saturated heterocycles. The summed E-state index contributed by atoms with van der Waals surface area (Å²) in [6.07, 6.45) is 7.22. The number of halogens is 2. The molecule has 5 heteroatoms. The maximum atomic E-state index is 13.1. The fourth-order valence-electron chi connectivity index (χ4n) is 2.94. The van der Waals surface area contributed by atoms with Gasteiger partial charge in [-0.3, -0.25) is 0 Å². The van der Waals surface area contributed by atoms with Gasteiger partial charge in [0.25, 0.3) is 0 Å². The van der Waals surface area contributed by atoms with Gasteiger partial charge in [-0.05, 0) is 41.6 Å². The number of hydrogen-bond donors (Lipinski definition) is 1. The summed E-state index contributed by atoms with van der Waals surface area (Å²) in [4.78, 5) is 3.98. The Kier molecular flexibility index (Phi) is 3.52. The van der Waals surface area contributed by atoms with Gasteiger partial charge in [0.05, 0.1) is 10.7 Å². The largest absolute Gasteiger partial charge is 0.474 e. The maximum absolute atomic E-state index is 13.1. The van der Waals surface area contributed by atoms with Crippen LogP contribution in [0.5, 0.6) is 5.88 Å². The van der Waals surface area contributed by atoms with Crippen LogP contribution in [0.3, 0.4) is 0 Å². The summed E-state index contributed by atoms with van der Waals surface area (Å²) < 4.78 is 19.4. The van der Waals surface area contributed by atoms with Gasteiger partial charge in [-0.1, -0.05) is 6.42 Å². The van der Waals surface area contributed by atoms with Gasteiger partial charge in [0, 0.05) is 18.2 Å². The second-order valence-electron chi connectivity index (χ2n) is 5.14. The number of piperidine rings is 2. The van der Waals surface area contributed by atoms with Crippen molar-refractivity contribution < 1.29 is 9.13 Å². The van der Waals surface area contributed by atoms with Crippen LogP contribution in [-0.2, 0) is 0 Å². The normalized spacial score (nSPS) is 31.1. The summed E-state index contributed by atoms with van der Waals surface area (Å²) >= 11 is 3.15. The number of ether oxygens (including phenoxy) is 1. The van der Waals surface area contributed by atoms with Crippen LogP contribution < -0.4 is 10.1 Å². The molecule has 1 unspecified atom stereocenters. The minimum atomic E-state index is -0.357. The Labute approximate surface area is 114 Å². The van der Waals surface area contributed by atoms with Crippen LogP contribution in [0.2, 0.25) is 0 Å². The van der Waals surface area contributed by atoms with Gasteiger partial charge in [0.2, 0.25) is 5.88 Å². The lowest BCUT2D eigenvalue weighted by Crippen LogP contribution is -2.51. The van der Waals surface area contributed by atoms with Crippen molar-refractivity contribution in [3.63, 3.8) is 0 Å². The van der Waals surface area contributed by atoms with E-state index in [9.17, 15) is 4.39 Å². The highest BCUT2D eigenvalue weighted by atomic mass is 79.9. The zero-order valence-electron chi connectivity index (χ0n) is 10.0. The molecule has 0 spiro atoms. The Morgan fingerprint density at radius 3 is 2.72 bits per heavy atom. The van der Waals surface area contributed by atoms with Gasteiger partial charge in [-0.2, -0.15) is 0 Å². The van der Waals surface area contributed by atoms with Crippen LogP contribution in [0, 0.1) is 5.82 Å². The SMILES string of the molecule is Fc1cnc(OC2C[C@H]3CCC[C@@H](C2)N3)cc1Br. The fraction of sp³-hybridized carbons (Fsp3) is 0.615. The summed E-state index contributed by atoms with van der Waals surface area (Å²) in [5.41, 5.74) is 0. The van der Waals surface area contributed by atoms with E-state index in [1.54, 1.807) is 6.07 Å².